The number of rotatable bonds is 3. The van der Waals surface area contributed by atoms with Crippen LogP contribution in [0.5, 0.6) is 0 Å². The Morgan fingerprint density at radius 2 is 1.81 bits per heavy atom. The van der Waals surface area contributed by atoms with Gasteiger partial charge in [-0.05, 0) is 12.1 Å². The molecule has 0 spiro atoms. The Labute approximate surface area is 155 Å². The molecule has 1 aromatic heterocycles. The predicted octanol–water partition coefficient (Wildman–Crippen LogP) is 4.63. The maximum absolute atomic E-state index is 14.0. The van der Waals surface area contributed by atoms with Gasteiger partial charge in [-0.25, -0.2) is 18.7 Å². The number of aromatic nitrogens is 2. The van der Waals surface area contributed by atoms with Crippen LogP contribution in [0.1, 0.15) is 16.8 Å². The second-order valence-corrected chi connectivity index (χ2v) is 6.69. The summed E-state index contributed by atoms with van der Waals surface area (Å²) in [4.78, 5) is 11.2. The molecule has 0 saturated carbocycles. The summed E-state index contributed by atoms with van der Waals surface area (Å²) < 4.78 is 27.6. The summed E-state index contributed by atoms with van der Waals surface area (Å²) >= 11 is 5.94. The lowest BCUT2D eigenvalue weighted by Crippen LogP contribution is -2.31. The van der Waals surface area contributed by atoms with E-state index < -0.39 is 11.6 Å². The highest BCUT2D eigenvalue weighted by Crippen LogP contribution is 2.27. The SMILES string of the molecule is Fc1ccc(F)c(CN2CCc3nc(-c4ccccc4)ncc3C2)c1Cl. The molecule has 0 amide bonds. The lowest BCUT2D eigenvalue weighted by atomic mass is 10.1. The zero-order valence-electron chi connectivity index (χ0n) is 13.9. The summed E-state index contributed by atoms with van der Waals surface area (Å²) in [5.74, 6) is -0.383. The minimum atomic E-state index is -0.601. The van der Waals surface area contributed by atoms with Crippen molar-refractivity contribution >= 4 is 11.6 Å². The Bertz CT molecular complexity index is 947. The molecule has 0 fully saturated rings. The number of nitrogens with zero attached hydrogens (tertiary/aromatic N) is 3. The number of hydrogen-bond donors (Lipinski definition) is 0. The van der Waals surface area contributed by atoms with Gasteiger partial charge < -0.3 is 0 Å². The Balaban J connectivity index is 1.55. The first-order valence-corrected chi connectivity index (χ1v) is 8.74. The van der Waals surface area contributed by atoms with Crippen molar-refractivity contribution in [3.8, 4) is 11.4 Å². The number of benzene rings is 2. The minimum Gasteiger partial charge on any atom is -0.294 e. The van der Waals surface area contributed by atoms with Gasteiger partial charge in [-0.15, -0.1) is 0 Å². The van der Waals surface area contributed by atoms with E-state index >= 15 is 0 Å². The van der Waals surface area contributed by atoms with Gasteiger partial charge in [-0.1, -0.05) is 41.9 Å². The Hall–Kier alpha value is -2.37. The van der Waals surface area contributed by atoms with Gasteiger partial charge in [0.25, 0.3) is 0 Å². The third kappa shape index (κ3) is 3.32. The van der Waals surface area contributed by atoms with E-state index in [2.05, 4.69) is 9.97 Å². The number of hydrogen-bond acceptors (Lipinski definition) is 3. The van der Waals surface area contributed by atoms with E-state index in [9.17, 15) is 8.78 Å². The smallest absolute Gasteiger partial charge is 0.159 e. The van der Waals surface area contributed by atoms with Crippen LogP contribution in [0.15, 0.2) is 48.7 Å². The van der Waals surface area contributed by atoms with Gasteiger partial charge in [0.15, 0.2) is 5.82 Å². The predicted molar refractivity (Wildman–Crippen MR) is 96.7 cm³/mol. The molecule has 0 atom stereocenters. The average Bonchev–Trinajstić information content (AvgIpc) is 2.68. The minimum absolute atomic E-state index is 0.147. The van der Waals surface area contributed by atoms with Crippen LogP contribution in [0.4, 0.5) is 8.78 Å². The fraction of sp³-hybridized carbons (Fsp3) is 0.200. The molecule has 0 radical (unpaired) electrons. The van der Waals surface area contributed by atoms with Gasteiger partial charge in [0.05, 0.1) is 10.7 Å². The van der Waals surface area contributed by atoms with Crippen molar-refractivity contribution in [3.63, 3.8) is 0 Å². The summed E-state index contributed by atoms with van der Waals surface area (Å²) in [6.07, 6.45) is 2.55. The Kier molecular flexibility index (Phi) is 4.66. The van der Waals surface area contributed by atoms with Gasteiger partial charge in [-0.3, -0.25) is 4.90 Å². The van der Waals surface area contributed by atoms with Crippen LogP contribution in [0.3, 0.4) is 0 Å². The first kappa shape index (κ1) is 17.1. The second-order valence-electron chi connectivity index (χ2n) is 6.31. The van der Waals surface area contributed by atoms with Crippen LogP contribution in [0.25, 0.3) is 11.4 Å². The van der Waals surface area contributed by atoms with Gasteiger partial charge in [-0.2, -0.15) is 0 Å². The van der Waals surface area contributed by atoms with E-state index in [1.165, 1.54) is 0 Å². The molecule has 1 aliphatic rings. The van der Waals surface area contributed by atoms with E-state index in [4.69, 9.17) is 11.6 Å². The highest BCUT2D eigenvalue weighted by atomic mass is 35.5. The van der Waals surface area contributed by atoms with Crippen LogP contribution < -0.4 is 0 Å². The fourth-order valence-corrected chi connectivity index (χ4v) is 3.39. The Morgan fingerprint density at radius 1 is 1.04 bits per heavy atom. The molecule has 0 saturated heterocycles. The molecule has 0 unspecified atom stereocenters. The van der Waals surface area contributed by atoms with Crippen LogP contribution >= 0.6 is 11.6 Å². The molecule has 2 heterocycles. The van der Waals surface area contributed by atoms with Crippen molar-refractivity contribution in [1.29, 1.82) is 0 Å². The van der Waals surface area contributed by atoms with Crippen molar-refractivity contribution in [3.05, 3.63) is 82.1 Å². The van der Waals surface area contributed by atoms with Gasteiger partial charge in [0.1, 0.15) is 11.6 Å². The summed E-state index contributed by atoms with van der Waals surface area (Å²) in [5.41, 5.74) is 3.17. The van der Waals surface area contributed by atoms with Crippen LogP contribution in [-0.4, -0.2) is 21.4 Å². The molecular formula is C20H16ClF2N3. The van der Waals surface area contributed by atoms with Crippen LogP contribution in [0.2, 0.25) is 5.02 Å². The van der Waals surface area contributed by atoms with Crippen molar-refractivity contribution < 1.29 is 8.78 Å². The zero-order chi connectivity index (χ0) is 18.1. The monoisotopic (exact) mass is 371 g/mol. The maximum Gasteiger partial charge on any atom is 0.159 e. The largest absolute Gasteiger partial charge is 0.294 e. The van der Waals surface area contributed by atoms with Crippen LogP contribution in [-0.2, 0) is 19.5 Å². The lowest BCUT2D eigenvalue weighted by molar-refractivity contribution is 0.239. The average molecular weight is 372 g/mol. The fourth-order valence-electron chi connectivity index (χ4n) is 3.17. The van der Waals surface area contributed by atoms with Crippen molar-refractivity contribution in [2.75, 3.05) is 6.54 Å². The highest BCUT2D eigenvalue weighted by Gasteiger charge is 2.22. The number of halogens is 3. The summed E-state index contributed by atoms with van der Waals surface area (Å²) in [6, 6.07) is 12.0. The van der Waals surface area contributed by atoms with Crippen LogP contribution in [0, 0.1) is 11.6 Å². The first-order valence-electron chi connectivity index (χ1n) is 8.37. The van der Waals surface area contributed by atoms with E-state index in [1.807, 2.05) is 41.4 Å². The molecule has 132 valence electrons. The van der Waals surface area contributed by atoms with Gasteiger partial charge in [0.2, 0.25) is 0 Å². The molecule has 0 N–H and O–H groups in total. The second kappa shape index (κ2) is 7.09. The molecule has 0 aliphatic carbocycles. The van der Waals surface area contributed by atoms with Crippen molar-refractivity contribution in [1.82, 2.24) is 14.9 Å². The van der Waals surface area contributed by atoms with Crippen molar-refractivity contribution in [2.24, 2.45) is 0 Å². The standard InChI is InChI=1S/C20H16ClF2N3/c21-19-15(16(22)6-7-17(19)23)12-26-9-8-18-14(11-26)10-24-20(25-18)13-4-2-1-3-5-13/h1-7,10H,8-9,11-12H2. The molecule has 0 bridgehead atoms. The molecular weight excluding hydrogens is 356 g/mol. The zero-order valence-corrected chi connectivity index (χ0v) is 14.7. The normalized spacial score (nSPS) is 14.3. The van der Waals surface area contributed by atoms with Crippen molar-refractivity contribution in [2.45, 2.75) is 19.5 Å². The molecule has 26 heavy (non-hydrogen) atoms. The lowest BCUT2D eigenvalue weighted by Gasteiger charge is -2.28. The number of fused-ring (bicyclic) bond motifs is 1. The molecule has 2 aromatic carbocycles. The molecule has 3 aromatic rings. The first-order chi connectivity index (χ1) is 12.6. The van der Waals surface area contributed by atoms with E-state index in [0.717, 1.165) is 35.4 Å². The molecule has 4 rings (SSSR count). The van der Waals surface area contributed by atoms with Gasteiger partial charge in [0, 0.05) is 48.9 Å². The van der Waals surface area contributed by atoms with E-state index in [0.29, 0.717) is 18.9 Å². The third-order valence-corrected chi connectivity index (χ3v) is 4.97. The topological polar surface area (TPSA) is 29.0 Å². The maximum atomic E-state index is 14.0. The molecule has 3 nitrogen and oxygen atoms in total. The summed E-state index contributed by atoms with van der Waals surface area (Å²) in [7, 11) is 0. The summed E-state index contributed by atoms with van der Waals surface area (Å²) in [5, 5.41) is -0.147. The quantitative estimate of drug-likeness (QED) is 0.628. The summed E-state index contributed by atoms with van der Waals surface area (Å²) in [6.45, 7) is 1.53. The molecule has 1 aliphatic heterocycles. The highest BCUT2D eigenvalue weighted by molar-refractivity contribution is 6.31. The molecule has 6 heteroatoms. The Morgan fingerprint density at radius 3 is 2.62 bits per heavy atom. The third-order valence-electron chi connectivity index (χ3n) is 4.57. The van der Waals surface area contributed by atoms with E-state index in [-0.39, 0.29) is 17.1 Å². The van der Waals surface area contributed by atoms with E-state index in [1.54, 1.807) is 0 Å². The van der Waals surface area contributed by atoms with Gasteiger partial charge >= 0.3 is 0 Å².